The van der Waals surface area contributed by atoms with Gasteiger partial charge in [0.2, 0.25) is 11.6 Å². The number of nitrogens with zero attached hydrogens (tertiary/aromatic N) is 6. The van der Waals surface area contributed by atoms with Gasteiger partial charge in [-0.25, -0.2) is 10.1 Å². The predicted molar refractivity (Wildman–Crippen MR) is 120 cm³/mol. The van der Waals surface area contributed by atoms with Gasteiger partial charge in [0, 0.05) is 5.56 Å². The maximum Gasteiger partial charge on any atom is 0.294 e. The van der Waals surface area contributed by atoms with Gasteiger partial charge >= 0.3 is 0 Å². The SMILES string of the molecule is CC(=NNC(=O)c1nnn(-c2nonc2N)c1-c1ccc(Cl)c(Cl)c1)c1ccc(C)cc1. The molecule has 0 aliphatic rings. The number of rotatable bonds is 5. The summed E-state index contributed by atoms with van der Waals surface area (Å²) in [6.07, 6.45) is 0. The van der Waals surface area contributed by atoms with Crippen LogP contribution in [0.15, 0.2) is 52.2 Å². The first-order valence-electron chi connectivity index (χ1n) is 9.26. The molecule has 0 spiro atoms. The zero-order valence-corrected chi connectivity index (χ0v) is 18.4. The van der Waals surface area contributed by atoms with E-state index in [0.717, 1.165) is 11.1 Å². The largest absolute Gasteiger partial charge is 0.378 e. The van der Waals surface area contributed by atoms with Crippen LogP contribution in [0.2, 0.25) is 10.0 Å². The molecule has 0 aliphatic carbocycles. The molecule has 0 saturated heterocycles. The van der Waals surface area contributed by atoms with E-state index in [9.17, 15) is 4.79 Å². The number of halogens is 2. The van der Waals surface area contributed by atoms with Crippen molar-refractivity contribution in [3.63, 3.8) is 0 Å². The van der Waals surface area contributed by atoms with E-state index in [2.05, 4.69) is 35.8 Å². The number of carbonyl (C=O) groups excluding carboxylic acids is 1. The van der Waals surface area contributed by atoms with Crippen molar-refractivity contribution in [2.75, 3.05) is 5.73 Å². The third kappa shape index (κ3) is 4.18. The van der Waals surface area contributed by atoms with E-state index in [1.54, 1.807) is 25.1 Å². The van der Waals surface area contributed by atoms with Gasteiger partial charge in [0.25, 0.3) is 5.91 Å². The van der Waals surface area contributed by atoms with Gasteiger partial charge in [-0.3, -0.25) is 4.79 Å². The minimum absolute atomic E-state index is 0.0311. The number of benzene rings is 2. The summed E-state index contributed by atoms with van der Waals surface area (Å²) >= 11 is 12.2. The third-order valence-electron chi connectivity index (χ3n) is 4.57. The third-order valence-corrected chi connectivity index (χ3v) is 5.31. The van der Waals surface area contributed by atoms with Crippen LogP contribution in [0.3, 0.4) is 0 Å². The second-order valence-corrected chi connectivity index (χ2v) is 7.62. The van der Waals surface area contributed by atoms with Crippen LogP contribution in [-0.4, -0.2) is 36.9 Å². The second-order valence-electron chi connectivity index (χ2n) is 6.80. The Kier molecular flexibility index (Phi) is 5.89. The Morgan fingerprint density at radius 3 is 2.53 bits per heavy atom. The fourth-order valence-electron chi connectivity index (χ4n) is 2.87. The van der Waals surface area contributed by atoms with E-state index < -0.39 is 5.91 Å². The summed E-state index contributed by atoms with van der Waals surface area (Å²) < 4.78 is 5.89. The molecule has 2 heterocycles. The Morgan fingerprint density at radius 2 is 1.88 bits per heavy atom. The summed E-state index contributed by atoms with van der Waals surface area (Å²) in [6.45, 7) is 3.77. The molecule has 0 atom stereocenters. The predicted octanol–water partition coefficient (Wildman–Crippen LogP) is 3.67. The van der Waals surface area contributed by atoms with Gasteiger partial charge in [0.05, 0.1) is 15.8 Å². The number of amides is 1. The number of nitrogens with one attached hydrogen (secondary N) is 1. The van der Waals surface area contributed by atoms with Crippen molar-refractivity contribution in [3.8, 4) is 17.1 Å². The molecule has 32 heavy (non-hydrogen) atoms. The number of aryl methyl sites for hydroxylation is 1. The number of hydrogen-bond donors (Lipinski definition) is 2. The monoisotopic (exact) mass is 470 g/mol. The summed E-state index contributed by atoms with van der Waals surface area (Å²) in [7, 11) is 0. The lowest BCUT2D eigenvalue weighted by atomic mass is 10.1. The van der Waals surface area contributed by atoms with Crippen molar-refractivity contribution in [2.45, 2.75) is 13.8 Å². The first kappa shape index (κ1) is 21.5. The molecule has 0 aliphatic heterocycles. The lowest BCUT2D eigenvalue weighted by Gasteiger charge is -2.07. The average molecular weight is 471 g/mol. The molecule has 12 heteroatoms. The van der Waals surface area contributed by atoms with Crippen LogP contribution in [0, 0.1) is 6.92 Å². The maximum absolute atomic E-state index is 13.0. The highest BCUT2D eigenvalue weighted by Gasteiger charge is 2.25. The van der Waals surface area contributed by atoms with E-state index in [4.69, 9.17) is 28.9 Å². The highest BCUT2D eigenvalue weighted by Crippen LogP contribution is 2.31. The van der Waals surface area contributed by atoms with Crippen LogP contribution in [0.25, 0.3) is 17.1 Å². The lowest BCUT2D eigenvalue weighted by molar-refractivity contribution is 0.0950. The quantitative estimate of drug-likeness (QED) is 0.335. The molecule has 3 N–H and O–H groups in total. The molecule has 0 unspecified atom stereocenters. The summed E-state index contributed by atoms with van der Waals surface area (Å²) in [4.78, 5) is 13.0. The van der Waals surface area contributed by atoms with Gasteiger partial charge in [0.15, 0.2) is 5.69 Å². The fraction of sp³-hybridized carbons (Fsp3) is 0.100. The molecule has 162 valence electrons. The molecule has 1 amide bonds. The van der Waals surface area contributed by atoms with Crippen LogP contribution >= 0.6 is 23.2 Å². The van der Waals surface area contributed by atoms with Crippen LogP contribution in [-0.2, 0) is 0 Å². The van der Waals surface area contributed by atoms with E-state index in [1.165, 1.54) is 4.68 Å². The molecular weight excluding hydrogens is 455 g/mol. The Morgan fingerprint density at radius 1 is 1.12 bits per heavy atom. The summed E-state index contributed by atoms with van der Waals surface area (Å²) in [5.74, 6) is -0.563. The van der Waals surface area contributed by atoms with Gasteiger partial charge in [-0.2, -0.15) is 9.78 Å². The Hall–Kier alpha value is -3.76. The number of nitrogen functional groups attached to an aromatic ring is 1. The molecule has 0 fully saturated rings. The minimum atomic E-state index is -0.598. The Labute approximate surface area is 192 Å². The molecule has 10 nitrogen and oxygen atoms in total. The number of nitrogens with two attached hydrogens (primary N) is 1. The summed E-state index contributed by atoms with van der Waals surface area (Å²) in [5.41, 5.74) is 11.6. The van der Waals surface area contributed by atoms with Gasteiger partial charge in [0.1, 0.15) is 5.69 Å². The molecular formula is C20H16Cl2N8O2. The van der Waals surface area contributed by atoms with Crippen molar-refractivity contribution in [3.05, 3.63) is 69.3 Å². The molecule has 4 rings (SSSR count). The molecule has 2 aromatic heterocycles. The minimum Gasteiger partial charge on any atom is -0.378 e. The first-order valence-corrected chi connectivity index (χ1v) is 10.0. The van der Waals surface area contributed by atoms with Crippen molar-refractivity contribution < 1.29 is 9.42 Å². The number of carbonyl (C=O) groups is 1. The van der Waals surface area contributed by atoms with Crippen LogP contribution in [0.1, 0.15) is 28.5 Å². The molecule has 0 bridgehead atoms. The zero-order chi connectivity index (χ0) is 22.8. The van der Waals surface area contributed by atoms with Crippen LogP contribution in [0.4, 0.5) is 5.82 Å². The molecule has 0 radical (unpaired) electrons. The Balaban J connectivity index is 1.73. The highest BCUT2D eigenvalue weighted by molar-refractivity contribution is 6.42. The highest BCUT2D eigenvalue weighted by atomic mass is 35.5. The second kappa shape index (κ2) is 8.77. The van der Waals surface area contributed by atoms with Gasteiger partial charge in [-0.1, -0.05) is 64.3 Å². The van der Waals surface area contributed by atoms with Crippen LogP contribution in [0.5, 0.6) is 0 Å². The molecule has 2 aromatic carbocycles. The fourth-order valence-corrected chi connectivity index (χ4v) is 3.17. The van der Waals surface area contributed by atoms with E-state index in [0.29, 0.717) is 16.3 Å². The topological polar surface area (TPSA) is 137 Å². The van der Waals surface area contributed by atoms with E-state index in [1.807, 2.05) is 31.2 Å². The number of aromatic nitrogens is 5. The van der Waals surface area contributed by atoms with Gasteiger partial charge < -0.3 is 5.73 Å². The standard InChI is InChI=1S/C20H16Cl2N8O2/c1-10-3-5-12(6-4-10)11(2)24-26-20(31)16-17(13-7-8-14(21)15(22)9-13)30(29-25-16)19-18(23)27-32-28-19/h3-9H,1-2H3,(H2,23,27)(H,26,31). The van der Waals surface area contributed by atoms with E-state index in [-0.39, 0.29) is 28.0 Å². The first-order chi connectivity index (χ1) is 15.3. The van der Waals surface area contributed by atoms with Crippen LogP contribution < -0.4 is 11.2 Å². The number of anilines is 1. The molecule has 0 saturated carbocycles. The lowest BCUT2D eigenvalue weighted by Crippen LogP contribution is -2.21. The Bertz CT molecular complexity index is 1330. The summed E-state index contributed by atoms with van der Waals surface area (Å²) in [6, 6.07) is 12.6. The van der Waals surface area contributed by atoms with Gasteiger partial charge in [-0.05, 0) is 41.9 Å². The van der Waals surface area contributed by atoms with Crippen molar-refractivity contribution in [1.29, 1.82) is 0 Å². The number of hydrazone groups is 1. The van der Waals surface area contributed by atoms with Gasteiger partial charge in [-0.15, -0.1) is 5.10 Å². The smallest absolute Gasteiger partial charge is 0.294 e. The average Bonchev–Trinajstić information content (AvgIpc) is 3.40. The van der Waals surface area contributed by atoms with Crippen molar-refractivity contribution in [2.24, 2.45) is 5.10 Å². The molecule has 4 aromatic rings. The summed E-state index contributed by atoms with van der Waals surface area (Å²) in [5, 5.41) is 20.1. The van der Waals surface area contributed by atoms with Crippen molar-refractivity contribution >= 4 is 40.6 Å². The van der Waals surface area contributed by atoms with Crippen molar-refractivity contribution in [1.82, 2.24) is 30.7 Å². The maximum atomic E-state index is 13.0. The normalized spacial score (nSPS) is 11.6. The van der Waals surface area contributed by atoms with E-state index >= 15 is 0 Å². The number of hydrogen-bond acceptors (Lipinski definition) is 8. The zero-order valence-electron chi connectivity index (χ0n) is 16.9.